The number of aliphatic hydroxyl groups is 1. The molecule has 0 radical (unpaired) electrons. The minimum Gasteiger partial charge on any atom is -0.389 e. The van der Waals surface area contributed by atoms with Gasteiger partial charge in [-0.05, 0) is 43.4 Å². The van der Waals surface area contributed by atoms with Crippen molar-refractivity contribution >= 4 is 0 Å². The molecule has 2 aliphatic carbocycles. The lowest BCUT2D eigenvalue weighted by atomic mass is 9.76. The Hall–Kier alpha value is -0.0400. The lowest BCUT2D eigenvalue weighted by Gasteiger charge is -2.36. The van der Waals surface area contributed by atoms with Gasteiger partial charge in [-0.1, -0.05) is 13.8 Å². The van der Waals surface area contributed by atoms with E-state index in [4.69, 9.17) is 0 Å². The summed E-state index contributed by atoms with van der Waals surface area (Å²) in [6.45, 7) is 4.31. The number of fused-ring (bicyclic) bond motifs is 2. The van der Waals surface area contributed by atoms with E-state index in [0.717, 1.165) is 12.3 Å². The second-order valence-corrected chi connectivity index (χ2v) is 4.73. The molecular weight excluding hydrogens is 136 g/mol. The SMILES string of the molecule is CC(C)[C@@]1(O)C[C@@H]2CC[C@H]1C2. The first kappa shape index (κ1) is 7.60. The molecule has 1 N–H and O–H groups in total. The third-order valence-corrected chi connectivity index (χ3v) is 3.86. The molecule has 0 aliphatic heterocycles. The molecule has 2 bridgehead atoms. The fraction of sp³-hybridized carbons (Fsp3) is 1.00. The molecule has 3 atom stereocenters. The minimum atomic E-state index is -0.289. The quantitative estimate of drug-likeness (QED) is 0.614. The second-order valence-electron chi connectivity index (χ2n) is 4.73. The van der Waals surface area contributed by atoms with Crippen molar-refractivity contribution in [3.63, 3.8) is 0 Å². The zero-order chi connectivity index (χ0) is 8.06. The standard InChI is InChI=1S/C10H18O/c1-7(2)10(11)6-8-3-4-9(10)5-8/h7-9,11H,3-6H2,1-2H3/t8-,9+,10+/m1/s1. The Bertz CT molecular complexity index is 164. The third kappa shape index (κ3) is 0.936. The van der Waals surface area contributed by atoms with Gasteiger partial charge in [0.2, 0.25) is 0 Å². The van der Waals surface area contributed by atoms with E-state index in [1.54, 1.807) is 0 Å². The van der Waals surface area contributed by atoms with Crippen molar-refractivity contribution in [3.8, 4) is 0 Å². The monoisotopic (exact) mass is 154 g/mol. The van der Waals surface area contributed by atoms with Gasteiger partial charge in [-0.3, -0.25) is 0 Å². The van der Waals surface area contributed by atoms with Gasteiger partial charge in [-0.15, -0.1) is 0 Å². The van der Waals surface area contributed by atoms with E-state index >= 15 is 0 Å². The Morgan fingerprint density at radius 1 is 1.36 bits per heavy atom. The number of hydrogen-bond acceptors (Lipinski definition) is 1. The lowest BCUT2D eigenvalue weighted by Crippen LogP contribution is -2.40. The summed E-state index contributed by atoms with van der Waals surface area (Å²) in [5.41, 5.74) is -0.289. The van der Waals surface area contributed by atoms with Crippen LogP contribution in [0.2, 0.25) is 0 Å². The summed E-state index contributed by atoms with van der Waals surface area (Å²) in [5.74, 6) is 1.94. The van der Waals surface area contributed by atoms with Crippen molar-refractivity contribution in [3.05, 3.63) is 0 Å². The summed E-state index contributed by atoms with van der Waals surface area (Å²) >= 11 is 0. The van der Waals surface area contributed by atoms with Crippen LogP contribution in [0.1, 0.15) is 39.5 Å². The molecule has 64 valence electrons. The molecule has 1 nitrogen and oxygen atoms in total. The van der Waals surface area contributed by atoms with Crippen LogP contribution in [-0.2, 0) is 0 Å². The van der Waals surface area contributed by atoms with Crippen molar-refractivity contribution in [1.29, 1.82) is 0 Å². The summed E-state index contributed by atoms with van der Waals surface area (Å²) in [7, 11) is 0. The topological polar surface area (TPSA) is 20.2 Å². The Morgan fingerprint density at radius 2 is 2.09 bits per heavy atom. The maximum atomic E-state index is 10.3. The summed E-state index contributed by atoms with van der Waals surface area (Å²) < 4.78 is 0. The Balaban J connectivity index is 2.16. The molecule has 2 rings (SSSR count). The predicted molar refractivity (Wildman–Crippen MR) is 45.2 cm³/mol. The highest BCUT2D eigenvalue weighted by atomic mass is 16.3. The molecule has 1 heteroatoms. The highest BCUT2D eigenvalue weighted by molar-refractivity contribution is 5.02. The number of rotatable bonds is 1. The van der Waals surface area contributed by atoms with E-state index in [2.05, 4.69) is 13.8 Å². The van der Waals surface area contributed by atoms with Gasteiger partial charge in [-0.2, -0.15) is 0 Å². The fourth-order valence-corrected chi connectivity index (χ4v) is 3.05. The van der Waals surface area contributed by atoms with Gasteiger partial charge in [-0.25, -0.2) is 0 Å². The molecule has 2 aliphatic rings. The normalized spacial score (nSPS) is 49.1. The van der Waals surface area contributed by atoms with Crippen LogP contribution in [0.4, 0.5) is 0 Å². The van der Waals surface area contributed by atoms with Gasteiger partial charge in [0, 0.05) is 0 Å². The Labute approximate surface area is 68.8 Å². The van der Waals surface area contributed by atoms with Crippen molar-refractivity contribution in [1.82, 2.24) is 0 Å². The molecule has 0 aromatic rings. The van der Waals surface area contributed by atoms with E-state index < -0.39 is 0 Å². The average molecular weight is 154 g/mol. The summed E-state index contributed by atoms with van der Waals surface area (Å²) in [4.78, 5) is 0. The summed E-state index contributed by atoms with van der Waals surface area (Å²) in [6, 6.07) is 0. The van der Waals surface area contributed by atoms with E-state index in [9.17, 15) is 5.11 Å². The highest BCUT2D eigenvalue weighted by Crippen LogP contribution is 2.53. The molecule has 0 saturated heterocycles. The van der Waals surface area contributed by atoms with E-state index in [1.165, 1.54) is 19.3 Å². The van der Waals surface area contributed by atoms with Crippen molar-refractivity contribution in [2.75, 3.05) is 0 Å². The van der Waals surface area contributed by atoms with Gasteiger partial charge in [0.05, 0.1) is 5.60 Å². The fourth-order valence-electron chi connectivity index (χ4n) is 3.05. The maximum Gasteiger partial charge on any atom is 0.0701 e. The molecular formula is C10H18O. The Morgan fingerprint density at radius 3 is 2.36 bits per heavy atom. The molecule has 0 aromatic carbocycles. The van der Waals surface area contributed by atoms with Crippen LogP contribution < -0.4 is 0 Å². The molecule has 0 unspecified atom stereocenters. The van der Waals surface area contributed by atoms with E-state index in [1.807, 2.05) is 0 Å². The van der Waals surface area contributed by atoms with Gasteiger partial charge in [0.1, 0.15) is 0 Å². The Kier molecular flexibility index (Phi) is 1.54. The second kappa shape index (κ2) is 2.22. The first-order valence-corrected chi connectivity index (χ1v) is 4.85. The smallest absolute Gasteiger partial charge is 0.0701 e. The van der Waals surface area contributed by atoms with Crippen LogP contribution in [-0.4, -0.2) is 10.7 Å². The summed E-state index contributed by atoms with van der Waals surface area (Å²) in [6.07, 6.45) is 5.03. The maximum absolute atomic E-state index is 10.3. The zero-order valence-electron chi connectivity index (χ0n) is 7.51. The van der Waals surface area contributed by atoms with E-state index in [0.29, 0.717) is 11.8 Å². The lowest BCUT2D eigenvalue weighted by molar-refractivity contribution is -0.0529. The van der Waals surface area contributed by atoms with Crippen LogP contribution in [0.15, 0.2) is 0 Å². The number of hydrogen-bond donors (Lipinski definition) is 1. The van der Waals surface area contributed by atoms with Crippen LogP contribution in [0, 0.1) is 17.8 Å². The first-order chi connectivity index (χ1) is 5.13. The zero-order valence-corrected chi connectivity index (χ0v) is 7.51. The van der Waals surface area contributed by atoms with Crippen LogP contribution >= 0.6 is 0 Å². The van der Waals surface area contributed by atoms with Crippen molar-refractivity contribution in [2.45, 2.75) is 45.1 Å². The van der Waals surface area contributed by atoms with Crippen molar-refractivity contribution < 1.29 is 5.11 Å². The highest BCUT2D eigenvalue weighted by Gasteiger charge is 2.51. The predicted octanol–water partition coefficient (Wildman–Crippen LogP) is 2.19. The van der Waals surface area contributed by atoms with Crippen LogP contribution in [0.5, 0.6) is 0 Å². The molecule has 0 heterocycles. The van der Waals surface area contributed by atoms with Crippen LogP contribution in [0.3, 0.4) is 0 Å². The van der Waals surface area contributed by atoms with Crippen molar-refractivity contribution in [2.24, 2.45) is 17.8 Å². The largest absolute Gasteiger partial charge is 0.389 e. The molecule has 2 saturated carbocycles. The average Bonchev–Trinajstić information content (AvgIpc) is 2.45. The third-order valence-electron chi connectivity index (χ3n) is 3.86. The van der Waals surface area contributed by atoms with Gasteiger partial charge < -0.3 is 5.11 Å². The molecule has 11 heavy (non-hydrogen) atoms. The molecule has 2 fully saturated rings. The van der Waals surface area contributed by atoms with Crippen LogP contribution in [0.25, 0.3) is 0 Å². The van der Waals surface area contributed by atoms with Gasteiger partial charge >= 0.3 is 0 Å². The van der Waals surface area contributed by atoms with Gasteiger partial charge in [0.25, 0.3) is 0 Å². The molecule has 0 aromatic heterocycles. The first-order valence-electron chi connectivity index (χ1n) is 4.85. The summed E-state index contributed by atoms with van der Waals surface area (Å²) in [5, 5.41) is 10.3. The molecule has 0 amide bonds. The van der Waals surface area contributed by atoms with E-state index in [-0.39, 0.29) is 5.60 Å². The molecule has 0 spiro atoms. The minimum absolute atomic E-state index is 0.289. The van der Waals surface area contributed by atoms with Gasteiger partial charge in [0.15, 0.2) is 0 Å².